The van der Waals surface area contributed by atoms with Gasteiger partial charge < -0.3 is 0 Å². The summed E-state index contributed by atoms with van der Waals surface area (Å²) >= 11 is 0. The van der Waals surface area contributed by atoms with E-state index in [0.29, 0.717) is 12.1 Å². The van der Waals surface area contributed by atoms with Crippen molar-refractivity contribution in [3.05, 3.63) is 47.8 Å². The second-order valence-electron chi connectivity index (χ2n) is 3.09. The molecule has 0 aliphatic rings. The molecule has 0 bridgehead atoms. The number of allylic oxidation sites excluding steroid dienone is 1. The van der Waals surface area contributed by atoms with Crippen molar-refractivity contribution in [3.8, 4) is 0 Å². The summed E-state index contributed by atoms with van der Waals surface area (Å²) in [6.45, 7) is 0. The molecule has 1 rings (SSSR count). The second-order valence-corrected chi connectivity index (χ2v) is 3.09. The zero-order valence-electron chi connectivity index (χ0n) is 8.03. The fourth-order valence-corrected chi connectivity index (χ4v) is 1.09. The highest BCUT2D eigenvalue weighted by molar-refractivity contribution is 5.26. The minimum atomic E-state index is -5.59. The molecule has 0 atom stereocenters. The maximum atomic E-state index is 13.2. The molecule has 0 aliphatic heterocycles. The summed E-state index contributed by atoms with van der Waals surface area (Å²) in [5.41, 5.74) is -1.25. The van der Waals surface area contributed by atoms with Crippen LogP contribution in [0, 0.1) is 0 Å². The number of alkyl halides is 4. The molecule has 1 aromatic rings. The molecule has 0 aliphatic carbocycles. The highest BCUT2D eigenvalue weighted by Gasteiger charge is 2.62. The molecule has 0 spiro atoms. The molecule has 0 aromatic heterocycles. The minimum Gasteiger partial charge on any atom is -0.199 e. The highest BCUT2D eigenvalue weighted by Crippen LogP contribution is 2.48. The molecular weight excluding hydrogens is 253 g/mol. The van der Waals surface area contributed by atoms with Crippen LogP contribution in [0.4, 0.5) is 30.7 Å². The lowest BCUT2D eigenvalue weighted by molar-refractivity contribution is -0.204. The lowest BCUT2D eigenvalue weighted by Crippen LogP contribution is -2.39. The van der Waals surface area contributed by atoms with Crippen molar-refractivity contribution in [2.24, 2.45) is 0 Å². The molecule has 0 radical (unpaired) electrons. The van der Waals surface area contributed by atoms with Gasteiger partial charge >= 0.3 is 17.9 Å². The Kier molecular flexibility index (Phi) is 3.49. The Morgan fingerprint density at radius 3 is 1.71 bits per heavy atom. The highest BCUT2D eigenvalue weighted by atomic mass is 19.3. The molecule has 0 heterocycles. The van der Waals surface area contributed by atoms with Crippen LogP contribution in [0.2, 0.25) is 0 Å². The van der Waals surface area contributed by atoms with E-state index < -0.39 is 29.3 Å². The van der Waals surface area contributed by atoms with Crippen molar-refractivity contribution in [2.75, 3.05) is 0 Å². The van der Waals surface area contributed by atoms with Crippen LogP contribution < -0.4 is 0 Å². The van der Waals surface area contributed by atoms with Crippen molar-refractivity contribution < 1.29 is 30.7 Å². The summed E-state index contributed by atoms with van der Waals surface area (Å²) in [5.74, 6) is -14.1. The van der Waals surface area contributed by atoms with Gasteiger partial charge in [0.1, 0.15) is 0 Å². The van der Waals surface area contributed by atoms with Gasteiger partial charge in [0, 0.05) is 5.56 Å². The lowest BCUT2D eigenvalue weighted by atomic mass is 10.0. The summed E-state index contributed by atoms with van der Waals surface area (Å²) < 4.78 is 87.8. The van der Waals surface area contributed by atoms with Gasteiger partial charge in [-0.15, -0.1) is 0 Å². The molecular formula is C10H5F7. The number of halogens is 7. The summed E-state index contributed by atoms with van der Waals surface area (Å²) in [6.07, 6.45) is -3.47. The van der Waals surface area contributed by atoms with Crippen LogP contribution in [-0.2, 0) is 5.92 Å². The molecule has 1 aromatic carbocycles. The third kappa shape index (κ3) is 2.27. The van der Waals surface area contributed by atoms with Gasteiger partial charge in [0.15, 0.2) is 0 Å². The van der Waals surface area contributed by atoms with E-state index in [1.165, 1.54) is 6.07 Å². The maximum Gasteiger partial charge on any atom is 0.370 e. The molecule has 0 N–H and O–H groups in total. The Hall–Kier alpha value is -1.53. The average Bonchev–Trinajstić information content (AvgIpc) is 2.28. The molecule has 0 unspecified atom stereocenters. The fourth-order valence-electron chi connectivity index (χ4n) is 1.09. The van der Waals surface area contributed by atoms with Gasteiger partial charge in [0.25, 0.3) is 0 Å². The zero-order valence-corrected chi connectivity index (χ0v) is 8.03. The predicted molar refractivity (Wildman–Crippen MR) is 45.6 cm³/mol. The predicted octanol–water partition coefficient (Wildman–Crippen LogP) is 4.49. The van der Waals surface area contributed by atoms with Gasteiger partial charge in [-0.25, -0.2) is 0 Å². The smallest absolute Gasteiger partial charge is 0.199 e. The largest absolute Gasteiger partial charge is 0.370 e. The maximum absolute atomic E-state index is 13.2. The number of benzene rings is 1. The van der Waals surface area contributed by atoms with Gasteiger partial charge in [-0.1, -0.05) is 30.3 Å². The first-order valence-electron chi connectivity index (χ1n) is 4.23. The Morgan fingerprint density at radius 1 is 0.824 bits per heavy atom. The first-order chi connectivity index (χ1) is 7.71. The third-order valence-electron chi connectivity index (χ3n) is 1.97. The van der Waals surface area contributed by atoms with Crippen LogP contribution in [0.15, 0.2) is 42.2 Å². The third-order valence-corrected chi connectivity index (χ3v) is 1.97. The van der Waals surface area contributed by atoms with Crippen LogP contribution in [0.1, 0.15) is 5.56 Å². The molecule has 0 fully saturated rings. The van der Waals surface area contributed by atoms with Crippen LogP contribution in [-0.4, -0.2) is 5.92 Å². The van der Waals surface area contributed by atoms with Gasteiger partial charge in [-0.2, -0.15) is 30.7 Å². The Labute approximate surface area is 91.4 Å². The van der Waals surface area contributed by atoms with E-state index in [1.807, 2.05) is 0 Å². The topological polar surface area (TPSA) is 0 Å². The molecule has 7 heteroatoms. The van der Waals surface area contributed by atoms with E-state index in [-0.39, 0.29) is 0 Å². The number of hydrogen-bond donors (Lipinski definition) is 0. The van der Waals surface area contributed by atoms with Gasteiger partial charge in [-0.05, 0) is 0 Å². The van der Waals surface area contributed by atoms with Gasteiger partial charge in [0.2, 0.25) is 5.83 Å². The minimum absolute atomic E-state index is 0.595. The SMILES string of the molecule is FC(F)=C(F)C(F)(F)C(F)(F)c1ccccc1. The molecule has 0 nitrogen and oxygen atoms in total. The van der Waals surface area contributed by atoms with Crippen molar-refractivity contribution in [1.82, 2.24) is 0 Å². The molecule has 94 valence electrons. The first-order valence-corrected chi connectivity index (χ1v) is 4.23. The van der Waals surface area contributed by atoms with E-state index in [0.717, 1.165) is 12.1 Å². The van der Waals surface area contributed by atoms with E-state index in [2.05, 4.69) is 0 Å². The molecule has 0 amide bonds. The summed E-state index contributed by atoms with van der Waals surface area (Å²) in [6, 6.07) is 4.47. The standard InChI is InChI=1S/C10H5F7/c11-7(8(12)13)10(16,17)9(14,15)6-4-2-1-3-5-6/h1-5H. The average molecular weight is 258 g/mol. The number of rotatable bonds is 3. The zero-order chi connectivity index (χ0) is 13.3. The Balaban J connectivity index is 3.28. The Morgan fingerprint density at radius 2 is 1.29 bits per heavy atom. The van der Waals surface area contributed by atoms with Crippen LogP contribution in [0.25, 0.3) is 0 Å². The summed E-state index contributed by atoms with van der Waals surface area (Å²) in [7, 11) is 0. The van der Waals surface area contributed by atoms with E-state index in [4.69, 9.17) is 0 Å². The fraction of sp³-hybridized carbons (Fsp3) is 0.200. The van der Waals surface area contributed by atoms with Crippen LogP contribution >= 0.6 is 0 Å². The van der Waals surface area contributed by atoms with Gasteiger partial charge in [0.05, 0.1) is 0 Å². The number of hydrogen-bond acceptors (Lipinski definition) is 0. The van der Waals surface area contributed by atoms with E-state index >= 15 is 0 Å². The van der Waals surface area contributed by atoms with E-state index in [1.54, 1.807) is 0 Å². The van der Waals surface area contributed by atoms with Crippen molar-refractivity contribution in [1.29, 1.82) is 0 Å². The summed E-state index contributed by atoms with van der Waals surface area (Å²) in [4.78, 5) is 0. The van der Waals surface area contributed by atoms with Crippen molar-refractivity contribution >= 4 is 0 Å². The van der Waals surface area contributed by atoms with Gasteiger partial charge in [-0.3, -0.25) is 0 Å². The molecule has 0 saturated carbocycles. The van der Waals surface area contributed by atoms with E-state index in [9.17, 15) is 30.7 Å². The molecule has 0 saturated heterocycles. The van der Waals surface area contributed by atoms with Crippen molar-refractivity contribution in [2.45, 2.75) is 11.8 Å². The second kappa shape index (κ2) is 4.38. The lowest BCUT2D eigenvalue weighted by Gasteiger charge is -2.24. The monoisotopic (exact) mass is 258 g/mol. The first kappa shape index (κ1) is 13.5. The normalized spacial score (nSPS) is 12.4. The summed E-state index contributed by atoms with van der Waals surface area (Å²) in [5, 5.41) is 0. The molecule has 17 heavy (non-hydrogen) atoms. The van der Waals surface area contributed by atoms with Crippen LogP contribution in [0.5, 0.6) is 0 Å². The van der Waals surface area contributed by atoms with Crippen molar-refractivity contribution in [3.63, 3.8) is 0 Å². The van der Waals surface area contributed by atoms with Crippen LogP contribution in [0.3, 0.4) is 0 Å². The Bertz CT molecular complexity index is 418. The quantitative estimate of drug-likeness (QED) is 0.700.